The summed E-state index contributed by atoms with van der Waals surface area (Å²) in [5, 5.41) is 11.9. The fraction of sp³-hybridized carbons (Fsp3) is 0.316. The average Bonchev–Trinajstić information content (AvgIpc) is 3.20. The van der Waals surface area contributed by atoms with Crippen molar-refractivity contribution in [2.24, 2.45) is 5.92 Å². The first-order valence-electron chi connectivity index (χ1n) is 8.76. The van der Waals surface area contributed by atoms with Crippen LogP contribution < -0.4 is 5.32 Å². The molecule has 0 fully saturated rings. The molecule has 0 bridgehead atoms. The Kier molecular flexibility index (Phi) is 5.06. The van der Waals surface area contributed by atoms with E-state index in [1.165, 1.54) is 0 Å². The number of halogens is 2. The molecule has 2 aromatic heterocycles. The van der Waals surface area contributed by atoms with Crippen molar-refractivity contribution in [3.8, 4) is 0 Å². The van der Waals surface area contributed by atoms with E-state index in [-0.39, 0.29) is 5.91 Å². The second-order valence-electron chi connectivity index (χ2n) is 6.85. The number of carbonyl (C=O) groups is 1. The van der Waals surface area contributed by atoms with Crippen molar-refractivity contribution >= 4 is 39.3 Å². The molecule has 0 saturated heterocycles. The molecule has 140 valence electrons. The SMILES string of the molecule is CC1CCc2onc(C(=O)Nc3nn(Cc4ccccc4Cl)cc3Br)c2C1. The van der Waals surface area contributed by atoms with Gasteiger partial charge in [0.25, 0.3) is 5.91 Å². The Labute approximate surface area is 170 Å². The van der Waals surface area contributed by atoms with Gasteiger partial charge in [-0.15, -0.1) is 0 Å². The molecule has 2 heterocycles. The summed E-state index contributed by atoms with van der Waals surface area (Å²) in [5.41, 5.74) is 2.22. The maximum absolute atomic E-state index is 12.7. The Morgan fingerprint density at radius 3 is 3.07 bits per heavy atom. The zero-order valence-electron chi connectivity index (χ0n) is 14.7. The van der Waals surface area contributed by atoms with Gasteiger partial charge in [-0.05, 0) is 46.3 Å². The zero-order chi connectivity index (χ0) is 19.0. The molecule has 0 saturated carbocycles. The number of carbonyl (C=O) groups excluding carboxylic acids is 1. The molecule has 3 aromatic rings. The molecule has 27 heavy (non-hydrogen) atoms. The lowest BCUT2D eigenvalue weighted by Crippen LogP contribution is -2.18. The highest BCUT2D eigenvalue weighted by Crippen LogP contribution is 2.29. The predicted octanol–water partition coefficient (Wildman–Crippen LogP) is 4.71. The third-order valence-corrected chi connectivity index (χ3v) is 5.69. The summed E-state index contributed by atoms with van der Waals surface area (Å²) in [4.78, 5) is 12.7. The summed E-state index contributed by atoms with van der Waals surface area (Å²) in [6.45, 7) is 2.68. The summed E-state index contributed by atoms with van der Waals surface area (Å²) in [7, 11) is 0. The van der Waals surface area contributed by atoms with Crippen LogP contribution in [-0.4, -0.2) is 20.8 Å². The largest absolute Gasteiger partial charge is 0.360 e. The Morgan fingerprint density at radius 2 is 2.26 bits per heavy atom. The lowest BCUT2D eigenvalue weighted by atomic mass is 9.88. The van der Waals surface area contributed by atoms with Crippen LogP contribution in [0.1, 0.15) is 40.7 Å². The van der Waals surface area contributed by atoms with Crippen molar-refractivity contribution in [3.05, 3.63) is 62.5 Å². The van der Waals surface area contributed by atoms with Crippen molar-refractivity contribution in [1.29, 1.82) is 0 Å². The number of nitrogens with one attached hydrogen (secondary N) is 1. The van der Waals surface area contributed by atoms with Gasteiger partial charge in [0.2, 0.25) is 0 Å². The molecule has 1 N–H and O–H groups in total. The average molecular weight is 450 g/mol. The van der Waals surface area contributed by atoms with E-state index in [9.17, 15) is 4.79 Å². The van der Waals surface area contributed by atoms with Crippen molar-refractivity contribution in [2.75, 3.05) is 5.32 Å². The lowest BCUT2D eigenvalue weighted by Gasteiger charge is -2.16. The van der Waals surface area contributed by atoms with Crippen LogP contribution in [0.5, 0.6) is 0 Å². The van der Waals surface area contributed by atoms with Gasteiger partial charge in [-0.2, -0.15) is 5.10 Å². The standard InChI is InChI=1S/C19H18BrClN4O2/c1-11-6-7-16-13(8-11)17(24-27-16)19(26)22-18-14(20)10-25(23-18)9-12-4-2-3-5-15(12)21/h2-5,10-11H,6-9H2,1H3,(H,22,23,26). The van der Waals surface area contributed by atoms with E-state index in [2.05, 4.69) is 38.4 Å². The van der Waals surface area contributed by atoms with Gasteiger partial charge in [-0.3, -0.25) is 9.48 Å². The monoisotopic (exact) mass is 448 g/mol. The number of aromatic nitrogens is 3. The number of hydrogen-bond acceptors (Lipinski definition) is 4. The molecular weight excluding hydrogens is 432 g/mol. The molecule has 4 rings (SSSR count). The molecule has 1 aliphatic carbocycles. The second kappa shape index (κ2) is 7.48. The van der Waals surface area contributed by atoms with Gasteiger partial charge in [-0.1, -0.05) is 41.9 Å². The smallest absolute Gasteiger partial charge is 0.279 e. The second-order valence-corrected chi connectivity index (χ2v) is 8.11. The van der Waals surface area contributed by atoms with E-state index in [4.69, 9.17) is 16.1 Å². The van der Waals surface area contributed by atoms with Crippen molar-refractivity contribution < 1.29 is 9.32 Å². The quantitative estimate of drug-likeness (QED) is 0.626. The maximum Gasteiger partial charge on any atom is 0.279 e. The molecule has 1 amide bonds. The highest BCUT2D eigenvalue weighted by Gasteiger charge is 2.27. The van der Waals surface area contributed by atoms with Crippen molar-refractivity contribution in [1.82, 2.24) is 14.9 Å². The fourth-order valence-electron chi connectivity index (χ4n) is 3.29. The number of rotatable bonds is 4. The summed E-state index contributed by atoms with van der Waals surface area (Å²) in [5.74, 6) is 1.47. The number of fused-ring (bicyclic) bond motifs is 1. The normalized spacial score (nSPS) is 16.2. The Morgan fingerprint density at radius 1 is 1.44 bits per heavy atom. The van der Waals surface area contributed by atoms with Crippen LogP contribution in [0.15, 0.2) is 39.5 Å². The number of amides is 1. The first-order chi connectivity index (χ1) is 13.0. The minimum Gasteiger partial charge on any atom is -0.360 e. The van der Waals surface area contributed by atoms with E-state index in [0.29, 0.717) is 33.5 Å². The van der Waals surface area contributed by atoms with Gasteiger partial charge >= 0.3 is 0 Å². The fourth-order valence-corrected chi connectivity index (χ4v) is 3.90. The molecule has 0 aliphatic heterocycles. The van der Waals surface area contributed by atoms with Gasteiger partial charge in [0.15, 0.2) is 11.5 Å². The first kappa shape index (κ1) is 18.3. The molecule has 1 aromatic carbocycles. The Balaban J connectivity index is 1.52. The third kappa shape index (κ3) is 3.80. The van der Waals surface area contributed by atoms with Gasteiger partial charge in [0.1, 0.15) is 5.76 Å². The Bertz CT molecular complexity index is 998. The Hall–Kier alpha value is -2.12. The van der Waals surface area contributed by atoms with Gasteiger partial charge in [0.05, 0.1) is 11.0 Å². The van der Waals surface area contributed by atoms with Crippen molar-refractivity contribution in [3.63, 3.8) is 0 Å². The molecule has 1 unspecified atom stereocenters. The zero-order valence-corrected chi connectivity index (χ0v) is 17.0. The highest BCUT2D eigenvalue weighted by molar-refractivity contribution is 9.10. The topological polar surface area (TPSA) is 73.0 Å². The summed E-state index contributed by atoms with van der Waals surface area (Å²) < 4.78 is 7.77. The lowest BCUT2D eigenvalue weighted by molar-refractivity contribution is 0.101. The number of benzene rings is 1. The van der Waals surface area contributed by atoms with E-state index >= 15 is 0 Å². The molecule has 1 aliphatic rings. The van der Waals surface area contributed by atoms with Crippen LogP contribution in [0.3, 0.4) is 0 Å². The van der Waals surface area contributed by atoms with Crippen molar-refractivity contribution in [2.45, 2.75) is 32.7 Å². The molecule has 8 heteroatoms. The van der Waals surface area contributed by atoms with Crippen LogP contribution in [0, 0.1) is 5.92 Å². The molecule has 1 atom stereocenters. The van der Waals surface area contributed by atoms with Gasteiger partial charge in [-0.25, -0.2) is 0 Å². The number of anilines is 1. The number of nitrogens with zero attached hydrogens (tertiary/aromatic N) is 3. The van der Waals surface area contributed by atoms with E-state index < -0.39 is 0 Å². The molecule has 0 radical (unpaired) electrons. The van der Waals surface area contributed by atoms with Crippen LogP contribution in [0.4, 0.5) is 5.82 Å². The third-order valence-electron chi connectivity index (χ3n) is 4.74. The minimum absolute atomic E-state index is 0.308. The van der Waals surface area contributed by atoms with E-state index in [1.807, 2.05) is 24.3 Å². The summed E-state index contributed by atoms with van der Waals surface area (Å²) >= 11 is 9.66. The van der Waals surface area contributed by atoms with Gasteiger partial charge in [0, 0.05) is 23.2 Å². The van der Waals surface area contributed by atoms with Gasteiger partial charge < -0.3 is 9.84 Å². The van der Waals surface area contributed by atoms with Crippen LogP contribution >= 0.6 is 27.5 Å². The molecule has 0 spiro atoms. The summed E-state index contributed by atoms with van der Waals surface area (Å²) in [6.07, 6.45) is 4.50. The molecular formula is C19H18BrClN4O2. The maximum atomic E-state index is 12.7. The van der Waals surface area contributed by atoms with Crippen LogP contribution in [-0.2, 0) is 19.4 Å². The van der Waals surface area contributed by atoms with Crippen LogP contribution in [0.25, 0.3) is 0 Å². The predicted molar refractivity (Wildman–Crippen MR) is 106 cm³/mol. The first-order valence-corrected chi connectivity index (χ1v) is 9.93. The minimum atomic E-state index is -0.308. The highest BCUT2D eigenvalue weighted by atomic mass is 79.9. The number of aryl methyl sites for hydroxylation is 1. The van der Waals surface area contributed by atoms with E-state index in [0.717, 1.165) is 36.1 Å². The summed E-state index contributed by atoms with van der Waals surface area (Å²) in [6, 6.07) is 7.60. The van der Waals surface area contributed by atoms with E-state index in [1.54, 1.807) is 10.9 Å². The van der Waals surface area contributed by atoms with Crippen LogP contribution in [0.2, 0.25) is 5.02 Å². The number of hydrogen-bond donors (Lipinski definition) is 1. The molecule has 6 nitrogen and oxygen atoms in total.